The van der Waals surface area contributed by atoms with Gasteiger partial charge < -0.3 is 9.84 Å². The van der Waals surface area contributed by atoms with E-state index in [2.05, 4.69) is 0 Å². The monoisotopic (exact) mass is 298 g/mol. The minimum absolute atomic E-state index is 0.0121. The minimum Gasteiger partial charge on any atom is -0.494 e. The standard InChI is InChI=1S/C15H13ClF2O2/c1-20-15-5-2-9(7-13(15)18)14(19)8-10-6-11(16)3-4-12(10)17/h2-7,14,19H,8H2,1H3. The molecule has 1 N–H and O–H groups in total. The molecule has 0 heterocycles. The van der Waals surface area contributed by atoms with Crippen LogP contribution in [0.2, 0.25) is 5.02 Å². The third kappa shape index (κ3) is 3.26. The van der Waals surface area contributed by atoms with Gasteiger partial charge in [-0.25, -0.2) is 8.78 Å². The number of hydrogen-bond acceptors (Lipinski definition) is 2. The van der Waals surface area contributed by atoms with Crippen LogP contribution in [0.5, 0.6) is 5.75 Å². The Bertz CT molecular complexity index is 617. The van der Waals surface area contributed by atoms with Crippen LogP contribution in [0.1, 0.15) is 17.2 Å². The lowest BCUT2D eigenvalue weighted by molar-refractivity contribution is 0.176. The van der Waals surface area contributed by atoms with E-state index in [1.165, 1.54) is 43.5 Å². The van der Waals surface area contributed by atoms with Gasteiger partial charge >= 0.3 is 0 Å². The molecule has 0 aromatic heterocycles. The van der Waals surface area contributed by atoms with E-state index in [9.17, 15) is 13.9 Å². The molecular formula is C15H13ClF2O2. The van der Waals surface area contributed by atoms with Crippen LogP contribution in [0.3, 0.4) is 0 Å². The van der Waals surface area contributed by atoms with E-state index in [0.29, 0.717) is 10.6 Å². The van der Waals surface area contributed by atoms with Gasteiger partial charge in [-0.2, -0.15) is 0 Å². The lowest BCUT2D eigenvalue weighted by Gasteiger charge is -2.13. The van der Waals surface area contributed by atoms with Crippen molar-refractivity contribution in [2.24, 2.45) is 0 Å². The van der Waals surface area contributed by atoms with Crippen molar-refractivity contribution >= 4 is 11.6 Å². The molecule has 1 atom stereocenters. The highest BCUT2D eigenvalue weighted by molar-refractivity contribution is 6.30. The van der Waals surface area contributed by atoms with E-state index in [0.717, 1.165) is 0 Å². The molecule has 0 aliphatic heterocycles. The molecule has 106 valence electrons. The van der Waals surface area contributed by atoms with Gasteiger partial charge in [0.2, 0.25) is 0 Å². The second-order valence-corrected chi connectivity index (χ2v) is 4.79. The third-order valence-electron chi connectivity index (χ3n) is 2.98. The first kappa shape index (κ1) is 14.8. The summed E-state index contributed by atoms with van der Waals surface area (Å²) in [6, 6.07) is 8.24. The van der Waals surface area contributed by atoms with Gasteiger partial charge in [0.1, 0.15) is 5.82 Å². The highest BCUT2D eigenvalue weighted by Crippen LogP contribution is 2.26. The third-order valence-corrected chi connectivity index (χ3v) is 3.22. The van der Waals surface area contributed by atoms with E-state index in [1.807, 2.05) is 0 Å². The summed E-state index contributed by atoms with van der Waals surface area (Å²) < 4.78 is 31.9. The van der Waals surface area contributed by atoms with E-state index in [1.54, 1.807) is 0 Å². The number of aliphatic hydroxyl groups excluding tert-OH is 1. The lowest BCUT2D eigenvalue weighted by Crippen LogP contribution is -2.04. The van der Waals surface area contributed by atoms with Crippen LogP contribution in [-0.4, -0.2) is 12.2 Å². The first-order valence-corrected chi connectivity index (χ1v) is 6.34. The van der Waals surface area contributed by atoms with Gasteiger partial charge in [0.25, 0.3) is 0 Å². The summed E-state index contributed by atoms with van der Waals surface area (Å²) in [6.45, 7) is 0. The summed E-state index contributed by atoms with van der Waals surface area (Å²) in [7, 11) is 1.36. The number of benzene rings is 2. The number of halogens is 3. The molecule has 1 unspecified atom stereocenters. The average molecular weight is 299 g/mol. The number of ether oxygens (including phenoxy) is 1. The van der Waals surface area contributed by atoms with E-state index in [4.69, 9.17) is 16.3 Å². The van der Waals surface area contributed by atoms with Gasteiger partial charge in [0.15, 0.2) is 11.6 Å². The van der Waals surface area contributed by atoms with Crippen molar-refractivity contribution in [1.82, 2.24) is 0 Å². The van der Waals surface area contributed by atoms with Crippen LogP contribution < -0.4 is 4.74 Å². The molecule has 2 nitrogen and oxygen atoms in total. The highest BCUT2D eigenvalue weighted by atomic mass is 35.5. The van der Waals surface area contributed by atoms with Crippen LogP contribution in [0.4, 0.5) is 8.78 Å². The molecule has 20 heavy (non-hydrogen) atoms. The van der Waals surface area contributed by atoms with Crippen LogP contribution >= 0.6 is 11.6 Å². The summed E-state index contributed by atoms with van der Waals surface area (Å²) in [6.07, 6.45) is -1.01. The molecule has 0 aliphatic carbocycles. The maximum Gasteiger partial charge on any atom is 0.165 e. The first-order valence-electron chi connectivity index (χ1n) is 5.96. The fraction of sp³-hybridized carbons (Fsp3) is 0.200. The van der Waals surface area contributed by atoms with Crippen molar-refractivity contribution < 1.29 is 18.6 Å². The maximum atomic E-state index is 13.6. The van der Waals surface area contributed by atoms with Crippen molar-refractivity contribution in [2.75, 3.05) is 7.11 Å². The Morgan fingerprint density at radius 2 is 1.90 bits per heavy atom. The predicted molar refractivity (Wildman–Crippen MR) is 73.0 cm³/mol. The molecule has 0 spiro atoms. The zero-order valence-corrected chi connectivity index (χ0v) is 11.5. The fourth-order valence-corrected chi connectivity index (χ4v) is 2.11. The summed E-state index contributed by atoms with van der Waals surface area (Å²) in [4.78, 5) is 0. The predicted octanol–water partition coefficient (Wildman–Crippen LogP) is 3.90. The van der Waals surface area contributed by atoms with Crippen molar-refractivity contribution in [3.8, 4) is 5.75 Å². The summed E-state index contributed by atoms with van der Waals surface area (Å²) >= 11 is 5.79. The second kappa shape index (κ2) is 6.20. The van der Waals surface area contributed by atoms with Crippen LogP contribution in [0.15, 0.2) is 36.4 Å². The van der Waals surface area contributed by atoms with E-state index in [-0.39, 0.29) is 17.7 Å². The summed E-state index contributed by atoms with van der Waals surface area (Å²) in [5.74, 6) is -0.937. The normalized spacial score (nSPS) is 12.2. The van der Waals surface area contributed by atoms with E-state index < -0.39 is 17.7 Å². The van der Waals surface area contributed by atoms with Gasteiger partial charge in [0, 0.05) is 11.4 Å². The van der Waals surface area contributed by atoms with Crippen molar-refractivity contribution in [3.63, 3.8) is 0 Å². The molecule has 2 rings (SSSR count). The largest absolute Gasteiger partial charge is 0.494 e. The molecule has 0 amide bonds. The second-order valence-electron chi connectivity index (χ2n) is 4.35. The Hall–Kier alpha value is -1.65. The molecule has 0 bridgehead atoms. The molecule has 0 aliphatic rings. The zero-order chi connectivity index (χ0) is 14.7. The summed E-state index contributed by atoms with van der Waals surface area (Å²) in [5, 5.41) is 10.4. The lowest BCUT2D eigenvalue weighted by atomic mass is 10.0. The molecule has 2 aromatic rings. The molecule has 0 fully saturated rings. The van der Waals surface area contributed by atoms with E-state index >= 15 is 0 Å². The zero-order valence-electron chi connectivity index (χ0n) is 10.7. The van der Waals surface area contributed by atoms with Crippen LogP contribution in [0, 0.1) is 11.6 Å². The topological polar surface area (TPSA) is 29.5 Å². The number of rotatable bonds is 4. The Labute approximate surface area is 120 Å². The Kier molecular flexibility index (Phi) is 4.57. The van der Waals surface area contributed by atoms with Gasteiger partial charge in [-0.05, 0) is 41.5 Å². The maximum absolute atomic E-state index is 13.6. The van der Waals surface area contributed by atoms with Crippen molar-refractivity contribution in [3.05, 3.63) is 64.2 Å². The number of methoxy groups -OCH3 is 1. The average Bonchev–Trinajstić information content (AvgIpc) is 2.42. The van der Waals surface area contributed by atoms with Gasteiger partial charge in [-0.3, -0.25) is 0 Å². The molecule has 0 radical (unpaired) electrons. The number of hydrogen-bond donors (Lipinski definition) is 1. The quantitative estimate of drug-likeness (QED) is 0.927. The van der Waals surface area contributed by atoms with Crippen LogP contribution in [0.25, 0.3) is 0 Å². The van der Waals surface area contributed by atoms with Crippen LogP contribution in [-0.2, 0) is 6.42 Å². The molecule has 5 heteroatoms. The van der Waals surface area contributed by atoms with Gasteiger partial charge in [-0.15, -0.1) is 0 Å². The SMILES string of the molecule is COc1ccc(C(O)Cc2cc(Cl)ccc2F)cc1F. The minimum atomic E-state index is -1.02. The molecule has 0 saturated heterocycles. The molecule has 2 aromatic carbocycles. The highest BCUT2D eigenvalue weighted by Gasteiger charge is 2.14. The molecular weight excluding hydrogens is 286 g/mol. The van der Waals surface area contributed by atoms with Gasteiger partial charge in [-0.1, -0.05) is 17.7 Å². The number of aliphatic hydroxyl groups is 1. The smallest absolute Gasteiger partial charge is 0.165 e. The first-order chi connectivity index (χ1) is 9.51. The van der Waals surface area contributed by atoms with Crippen molar-refractivity contribution in [1.29, 1.82) is 0 Å². The Balaban J connectivity index is 2.21. The summed E-state index contributed by atoms with van der Waals surface area (Å²) in [5.41, 5.74) is 0.629. The van der Waals surface area contributed by atoms with Crippen molar-refractivity contribution in [2.45, 2.75) is 12.5 Å². The van der Waals surface area contributed by atoms with Gasteiger partial charge in [0.05, 0.1) is 13.2 Å². The molecule has 0 saturated carbocycles. The fourth-order valence-electron chi connectivity index (χ4n) is 1.92. The Morgan fingerprint density at radius 1 is 1.15 bits per heavy atom. The Morgan fingerprint density at radius 3 is 2.55 bits per heavy atom.